The van der Waals surface area contributed by atoms with E-state index in [2.05, 4.69) is 11.9 Å². The molecule has 1 aliphatic rings. The molecule has 1 saturated carbocycles. The van der Waals surface area contributed by atoms with E-state index in [0.717, 1.165) is 5.56 Å². The molecule has 2 rings (SSSR count). The van der Waals surface area contributed by atoms with Crippen molar-refractivity contribution in [3.8, 4) is 0 Å². The third-order valence-electron chi connectivity index (χ3n) is 3.94. The summed E-state index contributed by atoms with van der Waals surface area (Å²) in [5, 5.41) is 0. The summed E-state index contributed by atoms with van der Waals surface area (Å²) in [6, 6.07) is 7.26. The van der Waals surface area contributed by atoms with Gasteiger partial charge in [0, 0.05) is 24.2 Å². The number of halogens is 2. The predicted molar refractivity (Wildman–Crippen MR) is 68.6 cm³/mol. The Hall–Kier alpha value is -1.00. The zero-order valence-corrected chi connectivity index (χ0v) is 10.7. The van der Waals surface area contributed by atoms with Crippen molar-refractivity contribution in [1.82, 2.24) is 4.90 Å². The molecule has 1 aromatic carbocycles. The molecule has 0 radical (unpaired) electrons. The van der Waals surface area contributed by atoms with Gasteiger partial charge in [-0.05, 0) is 25.5 Å². The third kappa shape index (κ3) is 2.70. The highest BCUT2D eigenvalue weighted by Gasteiger charge is 2.27. The second kappa shape index (κ2) is 5.76. The fraction of sp³-hybridized carbons (Fsp3) is 0.571. The van der Waals surface area contributed by atoms with Crippen LogP contribution in [0.25, 0.3) is 0 Å². The largest absolute Gasteiger partial charge is 0.329 e. The molecule has 1 aliphatic carbocycles. The highest BCUT2D eigenvalue weighted by molar-refractivity contribution is 5.26. The lowest BCUT2D eigenvalue weighted by molar-refractivity contribution is 0.113. The van der Waals surface area contributed by atoms with Crippen LogP contribution < -0.4 is 5.73 Å². The Morgan fingerprint density at radius 2 is 1.78 bits per heavy atom. The Balaban J connectivity index is 2.11. The first kappa shape index (κ1) is 13.4. The van der Waals surface area contributed by atoms with E-state index in [-0.39, 0.29) is 11.6 Å². The van der Waals surface area contributed by atoms with Gasteiger partial charge in [0.2, 0.25) is 0 Å². The van der Waals surface area contributed by atoms with Crippen LogP contribution in [-0.4, -0.2) is 24.5 Å². The molecular formula is C14H20F2N2. The fourth-order valence-electron chi connectivity index (χ4n) is 2.45. The van der Waals surface area contributed by atoms with Crippen LogP contribution in [0.4, 0.5) is 8.78 Å². The van der Waals surface area contributed by atoms with Crippen LogP contribution >= 0.6 is 0 Å². The van der Waals surface area contributed by atoms with E-state index in [4.69, 9.17) is 5.73 Å². The summed E-state index contributed by atoms with van der Waals surface area (Å²) < 4.78 is 25.0. The van der Waals surface area contributed by atoms with Crippen LogP contribution in [0.1, 0.15) is 42.9 Å². The molecule has 100 valence electrons. The molecule has 0 amide bonds. The maximum absolute atomic E-state index is 12.5. The minimum atomic E-state index is -2.40. The minimum Gasteiger partial charge on any atom is -0.329 e. The van der Waals surface area contributed by atoms with E-state index in [1.165, 1.54) is 31.4 Å². The number of alkyl halides is 2. The van der Waals surface area contributed by atoms with Gasteiger partial charge >= 0.3 is 0 Å². The second-order valence-electron chi connectivity index (χ2n) is 4.97. The molecule has 0 bridgehead atoms. The summed E-state index contributed by atoms with van der Waals surface area (Å²) in [5.41, 5.74) is 6.92. The fourth-order valence-corrected chi connectivity index (χ4v) is 2.45. The van der Waals surface area contributed by atoms with Gasteiger partial charge in [-0.1, -0.05) is 30.7 Å². The van der Waals surface area contributed by atoms with Crippen molar-refractivity contribution in [3.63, 3.8) is 0 Å². The molecule has 0 aromatic heterocycles. The number of likely N-dealkylation sites (N-methyl/N-ethyl adjacent to an activating group) is 1. The van der Waals surface area contributed by atoms with Gasteiger partial charge in [-0.2, -0.15) is 0 Å². The van der Waals surface area contributed by atoms with E-state index in [1.807, 2.05) is 0 Å². The van der Waals surface area contributed by atoms with E-state index >= 15 is 0 Å². The molecular weight excluding hydrogens is 234 g/mol. The Labute approximate surface area is 107 Å². The number of hydrogen-bond acceptors (Lipinski definition) is 2. The van der Waals surface area contributed by atoms with Gasteiger partial charge in [0.1, 0.15) is 0 Å². The van der Waals surface area contributed by atoms with Crippen LogP contribution in [0.2, 0.25) is 0 Å². The first-order valence-electron chi connectivity index (χ1n) is 6.43. The number of rotatable bonds is 5. The summed E-state index contributed by atoms with van der Waals surface area (Å²) in [6.07, 6.45) is 1.29. The summed E-state index contributed by atoms with van der Waals surface area (Å²) in [7, 11) is 2.07. The standard InChI is InChI=1S/C14H20F2N2/c1-18(12-3-2-4-12)13(9-17)10-5-7-11(8-6-10)14(15)16/h5-8,12-14H,2-4,9,17H2,1H3. The van der Waals surface area contributed by atoms with Crippen LogP contribution in [0, 0.1) is 0 Å². The molecule has 0 saturated heterocycles. The van der Waals surface area contributed by atoms with Crippen molar-refractivity contribution in [3.05, 3.63) is 35.4 Å². The summed E-state index contributed by atoms with van der Waals surface area (Å²) in [6.45, 7) is 0.515. The van der Waals surface area contributed by atoms with Crippen LogP contribution in [0.15, 0.2) is 24.3 Å². The molecule has 1 fully saturated rings. The normalized spacial score (nSPS) is 18.1. The zero-order valence-electron chi connectivity index (χ0n) is 10.7. The van der Waals surface area contributed by atoms with Gasteiger partial charge < -0.3 is 5.73 Å². The van der Waals surface area contributed by atoms with Gasteiger partial charge in [0.15, 0.2) is 0 Å². The summed E-state index contributed by atoms with van der Waals surface area (Å²) in [5.74, 6) is 0. The lowest BCUT2D eigenvalue weighted by atomic mass is 9.89. The van der Waals surface area contributed by atoms with Gasteiger partial charge in [-0.15, -0.1) is 0 Å². The van der Waals surface area contributed by atoms with Gasteiger partial charge in [-0.3, -0.25) is 4.90 Å². The third-order valence-corrected chi connectivity index (χ3v) is 3.94. The van der Waals surface area contributed by atoms with Crippen molar-refractivity contribution < 1.29 is 8.78 Å². The molecule has 1 aromatic rings. The van der Waals surface area contributed by atoms with Crippen LogP contribution in [-0.2, 0) is 0 Å². The van der Waals surface area contributed by atoms with Crippen molar-refractivity contribution in [2.45, 2.75) is 37.8 Å². The number of benzene rings is 1. The number of nitrogens with two attached hydrogens (primary N) is 1. The van der Waals surface area contributed by atoms with E-state index in [9.17, 15) is 8.78 Å². The van der Waals surface area contributed by atoms with E-state index in [1.54, 1.807) is 12.1 Å². The SMILES string of the molecule is CN(C1CCC1)C(CN)c1ccc(C(F)F)cc1. The van der Waals surface area contributed by atoms with Gasteiger partial charge in [-0.25, -0.2) is 8.78 Å². The smallest absolute Gasteiger partial charge is 0.263 e. The molecule has 0 aliphatic heterocycles. The van der Waals surface area contributed by atoms with Crippen molar-refractivity contribution in [2.75, 3.05) is 13.6 Å². The minimum absolute atomic E-state index is 0.0702. The Morgan fingerprint density at radius 3 is 2.17 bits per heavy atom. The van der Waals surface area contributed by atoms with Crippen molar-refractivity contribution in [1.29, 1.82) is 0 Å². The molecule has 0 heterocycles. The maximum Gasteiger partial charge on any atom is 0.263 e. The first-order valence-corrected chi connectivity index (χ1v) is 6.43. The Kier molecular flexibility index (Phi) is 4.30. The molecule has 1 atom stereocenters. The lowest BCUT2D eigenvalue weighted by Gasteiger charge is -2.39. The molecule has 2 N–H and O–H groups in total. The first-order chi connectivity index (χ1) is 8.63. The Morgan fingerprint density at radius 1 is 1.22 bits per heavy atom. The molecule has 4 heteroatoms. The van der Waals surface area contributed by atoms with Crippen LogP contribution in [0.5, 0.6) is 0 Å². The van der Waals surface area contributed by atoms with Crippen molar-refractivity contribution >= 4 is 0 Å². The second-order valence-corrected chi connectivity index (χ2v) is 4.97. The van der Waals surface area contributed by atoms with Gasteiger partial charge in [0.05, 0.1) is 0 Å². The van der Waals surface area contributed by atoms with Crippen molar-refractivity contribution in [2.24, 2.45) is 5.73 Å². The quantitative estimate of drug-likeness (QED) is 0.874. The number of nitrogens with zero attached hydrogens (tertiary/aromatic N) is 1. The summed E-state index contributed by atoms with van der Waals surface area (Å²) in [4.78, 5) is 2.28. The average Bonchev–Trinajstić information content (AvgIpc) is 2.28. The molecule has 0 spiro atoms. The monoisotopic (exact) mass is 254 g/mol. The zero-order chi connectivity index (χ0) is 13.1. The lowest BCUT2D eigenvalue weighted by Crippen LogP contribution is -2.42. The molecule has 18 heavy (non-hydrogen) atoms. The topological polar surface area (TPSA) is 29.3 Å². The molecule has 2 nitrogen and oxygen atoms in total. The average molecular weight is 254 g/mol. The predicted octanol–water partition coefficient (Wildman–Crippen LogP) is 3.11. The highest BCUT2D eigenvalue weighted by atomic mass is 19.3. The summed E-state index contributed by atoms with van der Waals surface area (Å²) >= 11 is 0. The van der Waals surface area contributed by atoms with Gasteiger partial charge in [0.25, 0.3) is 6.43 Å². The molecule has 1 unspecified atom stereocenters. The van der Waals surface area contributed by atoms with Crippen LogP contribution in [0.3, 0.4) is 0 Å². The van der Waals surface area contributed by atoms with E-state index in [0.29, 0.717) is 12.6 Å². The maximum atomic E-state index is 12.5. The number of hydrogen-bond donors (Lipinski definition) is 1. The highest BCUT2D eigenvalue weighted by Crippen LogP contribution is 2.31. The Bertz CT molecular complexity index is 374. The van der Waals surface area contributed by atoms with E-state index < -0.39 is 6.43 Å².